The minimum absolute atomic E-state index is 0.00920. The molecular weight excluding hydrogens is 370 g/mol. The van der Waals surface area contributed by atoms with Crippen LogP contribution >= 0.6 is 0 Å². The number of hydrogen-bond donors (Lipinski definition) is 2. The van der Waals surface area contributed by atoms with E-state index in [9.17, 15) is 4.79 Å². The Labute approximate surface area is 171 Å². The number of aromatic nitrogens is 4. The number of likely N-dealkylation sites (tertiary alicyclic amines) is 1. The number of aryl methyl sites for hydroxylation is 2. The van der Waals surface area contributed by atoms with Crippen molar-refractivity contribution in [3.05, 3.63) is 11.6 Å². The molecule has 9 nitrogen and oxygen atoms in total. The molecule has 2 N–H and O–H groups in total. The molecule has 2 aliphatic heterocycles. The molecule has 0 aromatic carbocycles. The average molecular weight is 402 g/mol. The summed E-state index contributed by atoms with van der Waals surface area (Å²) < 4.78 is 7.73. The Kier molecular flexibility index (Phi) is 5.58. The molecule has 0 bridgehead atoms. The number of rotatable bonds is 4. The normalized spacial score (nSPS) is 20.6. The average Bonchev–Trinajstić information content (AvgIpc) is 3.29. The first-order valence-electron chi connectivity index (χ1n) is 10.6. The third-order valence-electron chi connectivity index (χ3n) is 5.72. The molecule has 1 atom stereocenters. The summed E-state index contributed by atoms with van der Waals surface area (Å²) in [5.74, 6) is 2.46. The molecule has 0 saturated carbocycles. The summed E-state index contributed by atoms with van der Waals surface area (Å²) in [6.45, 7) is 11.2. The van der Waals surface area contributed by atoms with E-state index in [-0.39, 0.29) is 24.3 Å². The highest BCUT2D eigenvalue weighted by molar-refractivity contribution is 5.84. The van der Waals surface area contributed by atoms with Gasteiger partial charge >= 0.3 is 6.09 Å². The van der Waals surface area contributed by atoms with Crippen LogP contribution in [0, 0.1) is 13.8 Å². The fourth-order valence-corrected chi connectivity index (χ4v) is 4.26. The van der Waals surface area contributed by atoms with E-state index in [4.69, 9.17) is 9.72 Å². The summed E-state index contributed by atoms with van der Waals surface area (Å²) >= 11 is 0. The van der Waals surface area contributed by atoms with E-state index in [0.29, 0.717) is 13.1 Å². The number of anilines is 1. The fraction of sp³-hybridized carbons (Fsp3) is 0.700. The van der Waals surface area contributed by atoms with E-state index in [2.05, 4.69) is 39.0 Å². The van der Waals surface area contributed by atoms with Gasteiger partial charge in [-0.25, -0.2) is 19.7 Å². The molecule has 2 aromatic heterocycles. The highest BCUT2D eigenvalue weighted by Gasteiger charge is 2.28. The summed E-state index contributed by atoms with van der Waals surface area (Å²) in [6, 6.07) is 0.528. The van der Waals surface area contributed by atoms with Crippen molar-refractivity contribution in [1.82, 2.24) is 29.7 Å². The third-order valence-corrected chi connectivity index (χ3v) is 5.72. The van der Waals surface area contributed by atoms with Crippen molar-refractivity contribution < 1.29 is 9.53 Å². The number of piperidine rings is 1. The van der Waals surface area contributed by atoms with Crippen molar-refractivity contribution in [2.45, 2.75) is 65.1 Å². The third kappa shape index (κ3) is 4.14. The van der Waals surface area contributed by atoms with Crippen LogP contribution in [0.2, 0.25) is 0 Å². The Morgan fingerprint density at radius 2 is 1.93 bits per heavy atom. The Morgan fingerprint density at radius 3 is 2.59 bits per heavy atom. The van der Waals surface area contributed by atoms with Crippen LogP contribution in [0.5, 0.6) is 0 Å². The van der Waals surface area contributed by atoms with Crippen molar-refractivity contribution in [2.24, 2.45) is 0 Å². The standard InChI is InChI=1S/C20H31N7O2/c1-12(2)27-14(4)24-17-18(22-13(3)23-19(17)27)25-15-6-9-26(10-7-15)20(28)29-16-5-8-21-11-16/h12,15-16,21H,5-11H2,1-4H3,(H,22,23,25)/t16-/m0/s1. The van der Waals surface area contributed by atoms with E-state index in [1.807, 2.05) is 18.7 Å². The van der Waals surface area contributed by atoms with Gasteiger partial charge in [0, 0.05) is 31.7 Å². The summed E-state index contributed by atoms with van der Waals surface area (Å²) in [7, 11) is 0. The predicted octanol–water partition coefficient (Wildman–Crippen LogP) is 2.40. The van der Waals surface area contributed by atoms with Crippen LogP contribution in [0.3, 0.4) is 0 Å². The molecule has 2 saturated heterocycles. The Morgan fingerprint density at radius 1 is 1.17 bits per heavy atom. The van der Waals surface area contributed by atoms with Gasteiger partial charge < -0.3 is 24.8 Å². The van der Waals surface area contributed by atoms with Gasteiger partial charge in [0.05, 0.1) is 0 Å². The smallest absolute Gasteiger partial charge is 0.410 e. The van der Waals surface area contributed by atoms with E-state index in [1.165, 1.54) is 0 Å². The number of imidazole rings is 1. The lowest BCUT2D eigenvalue weighted by molar-refractivity contribution is 0.0641. The van der Waals surface area contributed by atoms with Crippen molar-refractivity contribution in [3.63, 3.8) is 0 Å². The molecule has 2 fully saturated rings. The van der Waals surface area contributed by atoms with Gasteiger partial charge in [-0.1, -0.05) is 0 Å². The predicted molar refractivity (Wildman–Crippen MR) is 111 cm³/mol. The lowest BCUT2D eigenvalue weighted by Gasteiger charge is -2.32. The van der Waals surface area contributed by atoms with Gasteiger partial charge in [0.15, 0.2) is 17.0 Å². The maximum atomic E-state index is 12.4. The van der Waals surface area contributed by atoms with Gasteiger partial charge in [-0.05, 0) is 53.5 Å². The molecule has 0 radical (unpaired) electrons. The molecule has 0 aliphatic carbocycles. The first-order valence-corrected chi connectivity index (χ1v) is 10.6. The van der Waals surface area contributed by atoms with E-state index in [1.54, 1.807) is 0 Å². The number of hydrogen-bond acceptors (Lipinski definition) is 7. The number of fused-ring (bicyclic) bond motifs is 1. The van der Waals surface area contributed by atoms with Gasteiger partial charge in [0.1, 0.15) is 17.8 Å². The first kappa shape index (κ1) is 19.9. The van der Waals surface area contributed by atoms with Crippen molar-refractivity contribution >= 4 is 23.1 Å². The van der Waals surface area contributed by atoms with Crippen LogP contribution in [-0.2, 0) is 4.74 Å². The molecule has 0 spiro atoms. The van der Waals surface area contributed by atoms with Crippen molar-refractivity contribution in [2.75, 3.05) is 31.5 Å². The van der Waals surface area contributed by atoms with Crippen LogP contribution in [0.15, 0.2) is 0 Å². The summed E-state index contributed by atoms with van der Waals surface area (Å²) in [5, 5.41) is 6.78. The van der Waals surface area contributed by atoms with E-state index >= 15 is 0 Å². The topological polar surface area (TPSA) is 97.2 Å². The van der Waals surface area contributed by atoms with Gasteiger partial charge in [-0.15, -0.1) is 0 Å². The van der Waals surface area contributed by atoms with E-state index in [0.717, 1.165) is 61.0 Å². The number of ether oxygens (including phenoxy) is 1. The molecule has 1 amide bonds. The second-order valence-electron chi connectivity index (χ2n) is 8.32. The van der Waals surface area contributed by atoms with Crippen LogP contribution in [0.25, 0.3) is 11.2 Å². The largest absolute Gasteiger partial charge is 0.445 e. The van der Waals surface area contributed by atoms with Gasteiger partial charge in [-0.2, -0.15) is 0 Å². The number of nitrogens with zero attached hydrogens (tertiary/aromatic N) is 5. The molecule has 0 unspecified atom stereocenters. The summed E-state index contributed by atoms with van der Waals surface area (Å²) in [5.41, 5.74) is 1.69. The van der Waals surface area contributed by atoms with Crippen LogP contribution in [-0.4, -0.2) is 68.8 Å². The Balaban J connectivity index is 1.42. The van der Waals surface area contributed by atoms with Gasteiger partial charge in [0.25, 0.3) is 0 Å². The number of carbonyl (C=O) groups excluding carboxylic acids is 1. The van der Waals surface area contributed by atoms with Crippen LogP contribution < -0.4 is 10.6 Å². The summed E-state index contributed by atoms with van der Waals surface area (Å²) in [6.07, 6.45) is 2.42. The van der Waals surface area contributed by atoms with E-state index < -0.39 is 0 Å². The number of amides is 1. The Hall–Kier alpha value is -2.42. The monoisotopic (exact) mass is 401 g/mol. The second-order valence-corrected chi connectivity index (χ2v) is 8.32. The highest BCUT2D eigenvalue weighted by Crippen LogP contribution is 2.26. The Bertz CT molecular complexity index is 881. The zero-order valence-corrected chi connectivity index (χ0v) is 17.7. The van der Waals surface area contributed by atoms with Gasteiger partial charge in [0.2, 0.25) is 0 Å². The van der Waals surface area contributed by atoms with Crippen molar-refractivity contribution in [3.8, 4) is 0 Å². The fourth-order valence-electron chi connectivity index (χ4n) is 4.26. The number of nitrogens with one attached hydrogen (secondary N) is 2. The molecule has 158 valence electrons. The highest BCUT2D eigenvalue weighted by atomic mass is 16.6. The lowest BCUT2D eigenvalue weighted by atomic mass is 10.1. The molecule has 29 heavy (non-hydrogen) atoms. The minimum atomic E-state index is -0.191. The first-order chi connectivity index (χ1) is 13.9. The van der Waals surface area contributed by atoms with Crippen molar-refractivity contribution in [1.29, 1.82) is 0 Å². The maximum absolute atomic E-state index is 12.4. The molecular formula is C20H31N7O2. The minimum Gasteiger partial charge on any atom is -0.445 e. The number of carbonyl (C=O) groups is 1. The zero-order valence-electron chi connectivity index (χ0n) is 17.7. The van der Waals surface area contributed by atoms with Crippen LogP contribution in [0.4, 0.5) is 10.6 Å². The maximum Gasteiger partial charge on any atom is 0.410 e. The molecule has 4 heterocycles. The zero-order chi connectivity index (χ0) is 20.5. The molecule has 9 heteroatoms. The SMILES string of the molecule is Cc1nc(NC2CCN(C(=O)O[C@H]3CCNC3)CC2)c2nc(C)n(C(C)C)c2n1. The quantitative estimate of drug-likeness (QED) is 0.812. The molecule has 2 aliphatic rings. The lowest BCUT2D eigenvalue weighted by Crippen LogP contribution is -2.44. The molecule has 2 aromatic rings. The second kappa shape index (κ2) is 8.14. The molecule has 4 rings (SSSR count). The van der Waals surface area contributed by atoms with Gasteiger partial charge in [-0.3, -0.25) is 0 Å². The summed E-state index contributed by atoms with van der Waals surface area (Å²) in [4.78, 5) is 28.2. The van der Waals surface area contributed by atoms with Crippen LogP contribution in [0.1, 0.15) is 50.8 Å².